The summed E-state index contributed by atoms with van der Waals surface area (Å²) in [6.07, 6.45) is 1.01. The first-order valence-electron chi connectivity index (χ1n) is 8.62. The minimum atomic E-state index is 0.0359. The van der Waals surface area contributed by atoms with Gasteiger partial charge >= 0.3 is 0 Å². The Morgan fingerprint density at radius 3 is 2.69 bits per heavy atom. The molecule has 0 saturated heterocycles. The summed E-state index contributed by atoms with van der Waals surface area (Å²) in [5, 5.41) is 5.23. The van der Waals surface area contributed by atoms with E-state index in [1.807, 2.05) is 41.7 Å². The van der Waals surface area contributed by atoms with Crippen molar-refractivity contribution in [3.8, 4) is 0 Å². The molecular weight excluding hydrogens is 455 g/mol. The van der Waals surface area contributed by atoms with Crippen LogP contribution in [0.1, 0.15) is 22.0 Å². The summed E-state index contributed by atoms with van der Waals surface area (Å²) < 4.78 is 1.05. The van der Waals surface area contributed by atoms with Crippen LogP contribution < -0.4 is 5.32 Å². The van der Waals surface area contributed by atoms with Gasteiger partial charge in [-0.1, -0.05) is 42.5 Å². The number of para-hydroxylation sites is 1. The monoisotopic (exact) mass is 474 g/mol. The van der Waals surface area contributed by atoms with Gasteiger partial charge in [0.25, 0.3) is 0 Å². The predicted octanol–water partition coefficient (Wildman–Crippen LogP) is 4.94. The van der Waals surface area contributed by atoms with Crippen LogP contribution in [0.3, 0.4) is 0 Å². The van der Waals surface area contributed by atoms with Crippen molar-refractivity contribution >= 4 is 45.5 Å². The number of thiophene rings is 1. The Bertz CT molecular complexity index is 909. The maximum absolute atomic E-state index is 12.7. The highest BCUT2D eigenvalue weighted by atomic mass is 127. The molecule has 1 aliphatic heterocycles. The Morgan fingerprint density at radius 1 is 1.12 bits per heavy atom. The van der Waals surface area contributed by atoms with Crippen LogP contribution in [-0.2, 0) is 11.2 Å². The summed E-state index contributed by atoms with van der Waals surface area (Å²) >= 11 is 4.07. The molecule has 1 amide bonds. The molecule has 1 aromatic heterocycles. The van der Waals surface area contributed by atoms with Gasteiger partial charge in [-0.2, -0.15) is 0 Å². The second kappa shape index (κ2) is 7.90. The van der Waals surface area contributed by atoms with Gasteiger partial charge in [0.15, 0.2) is 0 Å². The maximum Gasteiger partial charge on any atom is 0.238 e. The van der Waals surface area contributed by atoms with E-state index in [-0.39, 0.29) is 11.9 Å². The third-order valence-electron chi connectivity index (χ3n) is 4.68. The summed E-state index contributed by atoms with van der Waals surface area (Å²) in [6.45, 7) is 1.28. The van der Waals surface area contributed by atoms with Crippen LogP contribution in [-0.4, -0.2) is 23.9 Å². The lowest BCUT2D eigenvalue weighted by Crippen LogP contribution is -2.40. The lowest BCUT2D eigenvalue weighted by molar-refractivity contribution is -0.117. The number of nitrogens with one attached hydrogen (secondary N) is 1. The zero-order valence-corrected chi connectivity index (χ0v) is 17.2. The third kappa shape index (κ3) is 3.70. The van der Waals surface area contributed by atoms with E-state index in [9.17, 15) is 4.79 Å². The van der Waals surface area contributed by atoms with E-state index in [0.717, 1.165) is 22.2 Å². The molecule has 0 radical (unpaired) electrons. The number of carbonyl (C=O) groups is 1. The van der Waals surface area contributed by atoms with Crippen LogP contribution in [0.15, 0.2) is 66.0 Å². The maximum atomic E-state index is 12.7. The molecule has 26 heavy (non-hydrogen) atoms. The molecule has 3 aromatic rings. The molecule has 1 N–H and O–H groups in total. The van der Waals surface area contributed by atoms with E-state index < -0.39 is 0 Å². The van der Waals surface area contributed by atoms with E-state index in [1.54, 1.807) is 0 Å². The molecule has 132 valence electrons. The topological polar surface area (TPSA) is 32.3 Å². The fourth-order valence-corrected chi connectivity index (χ4v) is 4.93. The molecule has 2 heterocycles. The van der Waals surface area contributed by atoms with E-state index in [0.29, 0.717) is 6.54 Å². The van der Waals surface area contributed by atoms with Crippen molar-refractivity contribution in [2.24, 2.45) is 0 Å². The Hall–Kier alpha value is -1.70. The van der Waals surface area contributed by atoms with Crippen molar-refractivity contribution in [3.63, 3.8) is 0 Å². The number of nitrogens with zero attached hydrogens (tertiary/aromatic N) is 1. The molecule has 0 saturated carbocycles. The fraction of sp³-hybridized carbons (Fsp3) is 0.190. The van der Waals surface area contributed by atoms with Gasteiger partial charge in [-0.05, 0) is 63.7 Å². The minimum Gasteiger partial charge on any atom is -0.324 e. The first-order chi connectivity index (χ1) is 12.7. The van der Waals surface area contributed by atoms with Crippen molar-refractivity contribution in [3.05, 3.63) is 85.6 Å². The van der Waals surface area contributed by atoms with E-state index in [2.05, 4.69) is 68.5 Å². The highest BCUT2D eigenvalue weighted by Crippen LogP contribution is 2.37. The number of fused-ring (bicyclic) bond motifs is 1. The molecule has 5 heteroatoms. The molecule has 1 atom stereocenters. The summed E-state index contributed by atoms with van der Waals surface area (Å²) in [5.41, 5.74) is 3.46. The van der Waals surface area contributed by atoms with E-state index in [4.69, 9.17) is 0 Å². The quantitative estimate of drug-likeness (QED) is 0.544. The first kappa shape index (κ1) is 17.7. The van der Waals surface area contributed by atoms with E-state index in [1.165, 1.54) is 16.0 Å². The summed E-state index contributed by atoms with van der Waals surface area (Å²) in [7, 11) is 0. The summed E-state index contributed by atoms with van der Waals surface area (Å²) in [6, 6.07) is 20.7. The van der Waals surface area contributed by atoms with Crippen LogP contribution in [0.25, 0.3) is 0 Å². The Labute approximate surface area is 171 Å². The Morgan fingerprint density at radius 2 is 1.88 bits per heavy atom. The SMILES string of the molecule is O=C(CN1CCc2sccc2C1c1ccccc1)Nc1ccccc1I. The molecule has 2 aromatic carbocycles. The van der Waals surface area contributed by atoms with Gasteiger partial charge in [-0.3, -0.25) is 9.69 Å². The highest BCUT2D eigenvalue weighted by Gasteiger charge is 2.30. The number of anilines is 1. The fourth-order valence-electron chi connectivity index (χ4n) is 3.50. The second-order valence-electron chi connectivity index (χ2n) is 6.36. The number of halogens is 1. The smallest absolute Gasteiger partial charge is 0.238 e. The number of carbonyl (C=O) groups excluding carboxylic acids is 1. The Kier molecular flexibility index (Phi) is 5.38. The molecule has 0 fully saturated rings. The summed E-state index contributed by atoms with van der Waals surface area (Å²) in [4.78, 5) is 16.4. The summed E-state index contributed by atoms with van der Waals surface area (Å²) in [5.74, 6) is 0.0359. The minimum absolute atomic E-state index is 0.0359. The van der Waals surface area contributed by atoms with Gasteiger partial charge in [0.2, 0.25) is 5.91 Å². The molecule has 1 unspecified atom stereocenters. The number of rotatable bonds is 4. The zero-order valence-electron chi connectivity index (χ0n) is 14.2. The number of amides is 1. The van der Waals surface area contributed by atoms with Gasteiger partial charge in [0, 0.05) is 15.0 Å². The largest absolute Gasteiger partial charge is 0.324 e. The normalized spacial score (nSPS) is 16.9. The van der Waals surface area contributed by atoms with Crippen LogP contribution in [0.5, 0.6) is 0 Å². The van der Waals surface area contributed by atoms with Gasteiger partial charge in [-0.15, -0.1) is 11.3 Å². The lowest BCUT2D eigenvalue weighted by atomic mass is 9.93. The van der Waals surface area contributed by atoms with Crippen molar-refractivity contribution in [1.82, 2.24) is 4.90 Å². The van der Waals surface area contributed by atoms with Gasteiger partial charge < -0.3 is 5.32 Å². The second-order valence-corrected chi connectivity index (χ2v) is 8.52. The zero-order chi connectivity index (χ0) is 17.9. The molecule has 0 bridgehead atoms. The van der Waals surface area contributed by atoms with Crippen LogP contribution >= 0.6 is 33.9 Å². The molecular formula is C21H19IN2OS. The Balaban J connectivity index is 1.57. The third-order valence-corrected chi connectivity index (χ3v) is 6.61. The van der Waals surface area contributed by atoms with E-state index >= 15 is 0 Å². The molecule has 3 nitrogen and oxygen atoms in total. The standard InChI is InChI=1S/C21H19IN2OS/c22-17-8-4-5-9-18(17)23-20(25)14-24-12-10-19-16(11-13-26-19)21(24)15-6-2-1-3-7-15/h1-9,11,13,21H,10,12,14H2,(H,23,25). The van der Waals surface area contributed by atoms with Crippen LogP contribution in [0.2, 0.25) is 0 Å². The number of hydrogen-bond donors (Lipinski definition) is 1. The number of hydrogen-bond acceptors (Lipinski definition) is 3. The van der Waals surface area contributed by atoms with Crippen LogP contribution in [0, 0.1) is 3.57 Å². The van der Waals surface area contributed by atoms with Gasteiger partial charge in [0.05, 0.1) is 18.3 Å². The van der Waals surface area contributed by atoms with Crippen molar-refractivity contribution in [2.45, 2.75) is 12.5 Å². The lowest BCUT2D eigenvalue weighted by Gasteiger charge is -2.35. The molecule has 4 rings (SSSR count). The predicted molar refractivity (Wildman–Crippen MR) is 116 cm³/mol. The molecule has 0 spiro atoms. The number of benzene rings is 2. The first-order valence-corrected chi connectivity index (χ1v) is 10.6. The highest BCUT2D eigenvalue weighted by molar-refractivity contribution is 14.1. The average molecular weight is 474 g/mol. The van der Waals surface area contributed by atoms with Gasteiger partial charge in [0.1, 0.15) is 0 Å². The average Bonchev–Trinajstić information content (AvgIpc) is 3.13. The van der Waals surface area contributed by atoms with Crippen LogP contribution in [0.4, 0.5) is 5.69 Å². The van der Waals surface area contributed by atoms with Crippen molar-refractivity contribution < 1.29 is 4.79 Å². The van der Waals surface area contributed by atoms with Gasteiger partial charge in [-0.25, -0.2) is 0 Å². The molecule has 0 aliphatic carbocycles. The van der Waals surface area contributed by atoms with Crippen molar-refractivity contribution in [1.29, 1.82) is 0 Å². The molecule has 1 aliphatic rings. The van der Waals surface area contributed by atoms with Crippen molar-refractivity contribution in [2.75, 3.05) is 18.4 Å².